The van der Waals surface area contributed by atoms with Gasteiger partial charge in [0.25, 0.3) is 0 Å². The summed E-state index contributed by atoms with van der Waals surface area (Å²) in [5, 5.41) is 3.62. The molecule has 0 spiro atoms. The summed E-state index contributed by atoms with van der Waals surface area (Å²) >= 11 is 0. The highest BCUT2D eigenvalue weighted by Gasteiger charge is 2.30. The van der Waals surface area contributed by atoms with Crippen molar-refractivity contribution in [3.8, 4) is 5.75 Å². The zero-order chi connectivity index (χ0) is 15.4. The molecule has 0 aromatic heterocycles. The van der Waals surface area contributed by atoms with E-state index in [2.05, 4.69) is 22.3 Å². The van der Waals surface area contributed by atoms with Crippen molar-refractivity contribution in [2.24, 2.45) is 0 Å². The zero-order valence-electron chi connectivity index (χ0n) is 13.4. The Morgan fingerprint density at radius 3 is 2.77 bits per heavy atom. The number of nitrogens with zero attached hydrogens (tertiary/aromatic N) is 1. The lowest BCUT2D eigenvalue weighted by molar-refractivity contribution is -0.131. The van der Waals surface area contributed by atoms with Crippen molar-refractivity contribution in [3.63, 3.8) is 0 Å². The number of carbonyl (C=O) groups is 1. The fraction of sp³-hybridized carbons (Fsp3) is 0.611. The lowest BCUT2D eigenvalue weighted by atomic mass is 10.1. The van der Waals surface area contributed by atoms with E-state index in [4.69, 9.17) is 4.74 Å². The Hall–Kier alpha value is -1.55. The van der Waals surface area contributed by atoms with Crippen LogP contribution in [0.3, 0.4) is 0 Å². The summed E-state index contributed by atoms with van der Waals surface area (Å²) in [5.74, 6) is 1.19. The largest absolute Gasteiger partial charge is 0.494 e. The van der Waals surface area contributed by atoms with Gasteiger partial charge in [-0.15, -0.1) is 0 Å². The number of benzene rings is 1. The monoisotopic (exact) mass is 302 g/mol. The summed E-state index contributed by atoms with van der Waals surface area (Å²) in [7, 11) is 0. The van der Waals surface area contributed by atoms with Crippen LogP contribution in [0.1, 0.15) is 38.2 Å². The van der Waals surface area contributed by atoms with Crippen LogP contribution in [0.5, 0.6) is 5.75 Å². The molecular formula is C18H26N2O2. The van der Waals surface area contributed by atoms with Gasteiger partial charge in [-0.3, -0.25) is 4.79 Å². The molecule has 0 aliphatic carbocycles. The van der Waals surface area contributed by atoms with Crippen LogP contribution in [0.2, 0.25) is 0 Å². The summed E-state index contributed by atoms with van der Waals surface area (Å²) in [5.41, 5.74) is 1.20. The molecule has 120 valence electrons. The second-order valence-corrected chi connectivity index (χ2v) is 6.34. The molecule has 4 heteroatoms. The second kappa shape index (κ2) is 7.14. The maximum Gasteiger partial charge on any atom is 0.222 e. The van der Waals surface area contributed by atoms with Crippen molar-refractivity contribution in [1.29, 1.82) is 0 Å². The van der Waals surface area contributed by atoms with Crippen LogP contribution in [0.4, 0.5) is 0 Å². The smallest absolute Gasteiger partial charge is 0.222 e. The van der Waals surface area contributed by atoms with E-state index in [-0.39, 0.29) is 0 Å². The maximum atomic E-state index is 12.4. The van der Waals surface area contributed by atoms with Crippen LogP contribution >= 0.6 is 0 Å². The van der Waals surface area contributed by atoms with Gasteiger partial charge in [-0.05, 0) is 50.3 Å². The summed E-state index contributed by atoms with van der Waals surface area (Å²) in [6, 6.07) is 9.24. The average Bonchev–Trinajstić information content (AvgIpc) is 2.86. The van der Waals surface area contributed by atoms with E-state index in [1.165, 1.54) is 18.4 Å². The van der Waals surface area contributed by atoms with Crippen LogP contribution < -0.4 is 10.1 Å². The lowest BCUT2D eigenvalue weighted by Gasteiger charge is -2.24. The van der Waals surface area contributed by atoms with Crippen molar-refractivity contribution in [2.75, 3.05) is 19.7 Å². The topological polar surface area (TPSA) is 41.6 Å². The van der Waals surface area contributed by atoms with E-state index in [1.807, 2.05) is 19.1 Å². The molecule has 1 aromatic rings. The number of hydrogen-bond acceptors (Lipinski definition) is 3. The Balaban J connectivity index is 1.49. The van der Waals surface area contributed by atoms with E-state index in [0.29, 0.717) is 31.0 Å². The van der Waals surface area contributed by atoms with E-state index < -0.39 is 0 Å². The first kappa shape index (κ1) is 15.3. The van der Waals surface area contributed by atoms with Gasteiger partial charge in [-0.25, -0.2) is 0 Å². The molecule has 1 aromatic carbocycles. The predicted octanol–water partition coefficient (Wildman–Crippen LogP) is 2.37. The first-order valence-electron chi connectivity index (χ1n) is 8.50. The van der Waals surface area contributed by atoms with Crippen LogP contribution in [0.25, 0.3) is 0 Å². The molecule has 2 saturated heterocycles. The SMILES string of the molecule is CCOc1ccc(CCC(=O)N2CCC3CCC(C2)N3)cc1. The highest BCUT2D eigenvalue weighted by atomic mass is 16.5. The van der Waals surface area contributed by atoms with Crippen LogP contribution in [0, 0.1) is 0 Å². The zero-order valence-corrected chi connectivity index (χ0v) is 13.4. The number of carbonyl (C=O) groups excluding carboxylic acids is 1. The van der Waals surface area contributed by atoms with Gasteiger partial charge in [0.05, 0.1) is 6.61 Å². The average molecular weight is 302 g/mol. The van der Waals surface area contributed by atoms with Crippen molar-refractivity contribution >= 4 is 5.91 Å². The Kier molecular flexibility index (Phi) is 4.98. The van der Waals surface area contributed by atoms with Gasteiger partial charge in [0.2, 0.25) is 5.91 Å². The Morgan fingerprint density at radius 2 is 2.00 bits per heavy atom. The molecule has 22 heavy (non-hydrogen) atoms. The number of likely N-dealkylation sites (tertiary alicyclic amines) is 1. The van der Waals surface area contributed by atoms with E-state index in [9.17, 15) is 4.79 Å². The molecule has 0 radical (unpaired) electrons. The summed E-state index contributed by atoms with van der Waals surface area (Å²) in [6.07, 6.45) is 5.01. The van der Waals surface area contributed by atoms with Gasteiger partial charge in [0.1, 0.15) is 5.75 Å². The van der Waals surface area contributed by atoms with Gasteiger partial charge >= 0.3 is 0 Å². The molecule has 2 aliphatic rings. The highest BCUT2D eigenvalue weighted by molar-refractivity contribution is 5.76. The summed E-state index contributed by atoms with van der Waals surface area (Å²) in [6.45, 7) is 4.47. The van der Waals surface area contributed by atoms with Gasteiger partial charge in [-0.1, -0.05) is 12.1 Å². The number of aryl methyl sites for hydroxylation is 1. The number of ether oxygens (including phenoxy) is 1. The molecule has 2 atom stereocenters. The third-order valence-electron chi connectivity index (χ3n) is 4.74. The standard InChI is InChI=1S/C18H26N2O2/c1-2-22-17-8-3-14(4-9-17)5-10-18(21)20-12-11-15-6-7-16(13-20)19-15/h3-4,8-9,15-16,19H,2,5-7,10-13H2,1H3. The second-order valence-electron chi connectivity index (χ2n) is 6.34. The first-order chi connectivity index (χ1) is 10.7. The van der Waals surface area contributed by atoms with Crippen molar-refractivity contribution in [1.82, 2.24) is 10.2 Å². The van der Waals surface area contributed by atoms with Crippen molar-refractivity contribution in [2.45, 2.75) is 51.1 Å². The fourth-order valence-electron chi connectivity index (χ4n) is 3.50. The molecule has 1 amide bonds. The molecular weight excluding hydrogens is 276 g/mol. The van der Waals surface area contributed by atoms with Gasteiger partial charge in [0.15, 0.2) is 0 Å². The van der Waals surface area contributed by atoms with Gasteiger partial charge in [0, 0.05) is 31.6 Å². The number of rotatable bonds is 5. The Labute approximate surface area is 132 Å². The first-order valence-corrected chi connectivity index (χ1v) is 8.50. The molecule has 2 bridgehead atoms. The molecule has 0 saturated carbocycles. The number of fused-ring (bicyclic) bond motifs is 2. The molecule has 3 rings (SSSR count). The molecule has 1 N–H and O–H groups in total. The quantitative estimate of drug-likeness (QED) is 0.908. The third-order valence-corrected chi connectivity index (χ3v) is 4.74. The van der Waals surface area contributed by atoms with Crippen LogP contribution in [-0.4, -0.2) is 42.6 Å². The number of nitrogens with one attached hydrogen (secondary N) is 1. The lowest BCUT2D eigenvalue weighted by Crippen LogP contribution is -2.39. The fourth-order valence-corrected chi connectivity index (χ4v) is 3.50. The van der Waals surface area contributed by atoms with E-state index >= 15 is 0 Å². The third kappa shape index (κ3) is 3.80. The minimum atomic E-state index is 0.295. The van der Waals surface area contributed by atoms with Gasteiger partial charge in [-0.2, -0.15) is 0 Å². The van der Waals surface area contributed by atoms with Gasteiger partial charge < -0.3 is 15.0 Å². The molecule has 2 heterocycles. The number of amides is 1. The van der Waals surface area contributed by atoms with Crippen molar-refractivity contribution < 1.29 is 9.53 Å². The summed E-state index contributed by atoms with van der Waals surface area (Å²) < 4.78 is 5.44. The maximum absolute atomic E-state index is 12.4. The minimum Gasteiger partial charge on any atom is -0.494 e. The highest BCUT2D eigenvalue weighted by Crippen LogP contribution is 2.21. The molecule has 4 nitrogen and oxygen atoms in total. The number of hydrogen-bond donors (Lipinski definition) is 1. The van der Waals surface area contributed by atoms with Crippen molar-refractivity contribution in [3.05, 3.63) is 29.8 Å². The predicted molar refractivity (Wildman–Crippen MR) is 87.1 cm³/mol. The van der Waals surface area contributed by atoms with E-state index in [0.717, 1.165) is 31.7 Å². The normalized spacial score (nSPS) is 24.1. The van der Waals surface area contributed by atoms with Crippen LogP contribution in [0.15, 0.2) is 24.3 Å². The Morgan fingerprint density at radius 1 is 1.23 bits per heavy atom. The molecule has 2 aliphatic heterocycles. The Bertz CT molecular complexity index is 500. The minimum absolute atomic E-state index is 0.295. The van der Waals surface area contributed by atoms with E-state index in [1.54, 1.807) is 0 Å². The molecule has 2 fully saturated rings. The molecule has 2 unspecified atom stereocenters. The summed E-state index contributed by atoms with van der Waals surface area (Å²) in [4.78, 5) is 14.5. The van der Waals surface area contributed by atoms with Crippen LogP contribution in [-0.2, 0) is 11.2 Å².